The number of carbonyl (C=O) groups excluding carboxylic acids is 3. The number of carbonyl (C=O) groups is 3. The molecule has 1 aliphatic heterocycles. The number of hydrogen-bond acceptors (Lipinski definition) is 8. The molecule has 0 aromatic carbocycles. The summed E-state index contributed by atoms with van der Waals surface area (Å²) in [4.78, 5) is 38.0. The lowest BCUT2D eigenvalue weighted by atomic mass is 9.50. The summed E-state index contributed by atoms with van der Waals surface area (Å²) in [6, 6.07) is 0. The zero-order valence-corrected chi connectivity index (χ0v) is 19.3. The first-order valence-corrected chi connectivity index (χ1v) is 13.2. The Morgan fingerprint density at radius 1 is 1.06 bits per heavy atom. The number of halogens is 2. The molecule has 0 aromatic rings. The molecule has 0 radical (unpaired) electrons. The third-order valence-electron chi connectivity index (χ3n) is 9.72. The molecule has 1 N–H and O–H groups in total. The number of fused-ring (bicyclic) bond motifs is 1. The Morgan fingerprint density at radius 3 is 2.21 bits per heavy atom. The Balaban J connectivity index is 1.20. The summed E-state index contributed by atoms with van der Waals surface area (Å²) in [7, 11) is -6.07. The highest BCUT2D eigenvalue weighted by Crippen LogP contribution is 2.65. The molecule has 6 saturated carbocycles. The first-order chi connectivity index (χ1) is 15.7. The molecule has 12 heteroatoms. The van der Waals surface area contributed by atoms with Crippen LogP contribution >= 0.6 is 0 Å². The second kappa shape index (κ2) is 6.68. The minimum Gasteiger partial charge on any atom is -0.459 e. The quantitative estimate of drug-likeness (QED) is 0.442. The molecule has 1 heterocycles. The van der Waals surface area contributed by atoms with Crippen molar-refractivity contribution in [1.82, 2.24) is 0 Å². The number of esters is 3. The highest BCUT2D eigenvalue weighted by Gasteiger charge is 2.75. The van der Waals surface area contributed by atoms with Gasteiger partial charge in [0.05, 0.1) is 17.8 Å². The van der Waals surface area contributed by atoms with Crippen LogP contribution in [0.25, 0.3) is 0 Å². The standard InChI is InChI=1S/C22H26F2O9S/c1-20(12-3-9-2-10(5-12)6-13(20)4-9)31-17(25)15-11-7-14-16(15)18(26)32-21(14,8-11)33-19(27)22(23,24)34(28,29)30/h9-16H,2-8H2,1H3,(H,28,29,30). The van der Waals surface area contributed by atoms with Crippen LogP contribution in [-0.4, -0.2) is 47.5 Å². The molecule has 34 heavy (non-hydrogen) atoms. The van der Waals surface area contributed by atoms with Crippen molar-refractivity contribution < 1.29 is 50.3 Å². The molecule has 7 fully saturated rings. The number of alkyl halides is 2. The van der Waals surface area contributed by atoms with E-state index in [4.69, 9.17) is 18.8 Å². The number of rotatable bonds is 5. The summed E-state index contributed by atoms with van der Waals surface area (Å²) in [6.07, 6.45) is 5.37. The van der Waals surface area contributed by atoms with Crippen molar-refractivity contribution in [1.29, 1.82) is 0 Å². The zero-order valence-electron chi connectivity index (χ0n) is 18.4. The van der Waals surface area contributed by atoms with E-state index in [2.05, 4.69) is 0 Å². The van der Waals surface area contributed by atoms with E-state index in [-0.39, 0.29) is 24.7 Å². The fraction of sp³-hybridized carbons (Fsp3) is 0.864. The van der Waals surface area contributed by atoms with Gasteiger partial charge in [0.25, 0.3) is 5.79 Å². The first-order valence-electron chi connectivity index (χ1n) is 11.8. The molecule has 188 valence electrons. The van der Waals surface area contributed by atoms with Crippen LogP contribution in [0.5, 0.6) is 0 Å². The van der Waals surface area contributed by atoms with E-state index in [1.165, 1.54) is 6.42 Å². The van der Waals surface area contributed by atoms with Gasteiger partial charge in [0.2, 0.25) is 0 Å². The SMILES string of the molecule is CC1(OC(=O)C2C3CC4C2C(=O)OC4(OC(=O)C(F)(F)S(=O)(=O)O)C3)C2CC3CC(C2)CC1C3. The van der Waals surface area contributed by atoms with Crippen LogP contribution in [0.4, 0.5) is 8.78 Å². The van der Waals surface area contributed by atoms with E-state index < -0.39 is 68.3 Å². The summed E-state index contributed by atoms with van der Waals surface area (Å²) in [6.45, 7) is 1.99. The maximum atomic E-state index is 13.8. The van der Waals surface area contributed by atoms with Crippen LogP contribution in [0.15, 0.2) is 0 Å². The molecule has 5 unspecified atom stereocenters. The molecule has 0 aromatic heterocycles. The fourth-order valence-corrected chi connectivity index (χ4v) is 8.63. The molecule has 5 atom stereocenters. The van der Waals surface area contributed by atoms with Gasteiger partial charge >= 0.3 is 33.3 Å². The van der Waals surface area contributed by atoms with Crippen LogP contribution in [0, 0.1) is 47.3 Å². The molecule has 6 aliphatic carbocycles. The second-order valence-electron chi connectivity index (χ2n) is 11.4. The highest BCUT2D eigenvalue weighted by molar-refractivity contribution is 7.87. The zero-order chi connectivity index (χ0) is 24.4. The van der Waals surface area contributed by atoms with E-state index in [9.17, 15) is 31.6 Å². The maximum Gasteiger partial charge on any atom is 0.465 e. The third kappa shape index (κ3) is 2.84. The van der Waals surface area contributed by atoms with Crippen molar-refractivity contribution in [3.8, 4) is 0 Å². The topological polar surface area (TPSA) is 133 Å². The van der Waals surface area contributed by atoms with Crippen LogP contribution in [0.1, 0.15) is 51.9 Å². The van der Waals surface area contributed by atoms with Crippen molar-refractivity contribution in [3.05, 3.63) is 0 Å². The highest BCUT2D eigenvalue weighted by atomic mass is 32.2. The Kier molecular flexibility index (Phi) is 4.45. The minimum atomic E-state index is -6.07. The van der Waals surface area contributed by atoms with Crippen LogP contribution in [0.2, 0.25) is 0 Å². The van der Waals surface area contributed by atoms with Crippen molar-refractivity contribution in [2.24, 2.45) is 47.3 Å². The van der Waals surface area contributed by atoms with E-state index in [1.54, 1.807) is 0 Å². The van der Waals surface area contributed by atoms with Crippen molar-refractivity contribution in [2.75, 3.05) is 0 Å². The maximum absolute atomic E-state index is 13.8. The number of hydrogen-bond donors (Lipinski definition) is 1. The Hall–Kier alpha value is -1.82. The second-order valence-corrected chi connectivity index (χ2v) is 12.8. The lowest BCUT2D eigenvalue weighted by Crippen LogP contribution is -2.58. The molecule has 1 saturated heterocycles. The van der Waals surface area contributed by atoms with Gasteiger partial charge in [-0.05, 0) is 75.0 Å². The largest absolute Gasteiger partial charge is 0.465 e. The van der Waals surface area contributed by atoms with Gasteiger partial charge < -0.3 is 14.2 Å². The molecule has 6 bridgehead atoms. The monoisotopic (exact) mass is 504 g/mol. The molecular formula is C22H26F2O9S. The molecule has 0 spiro atoms. The van der Waals surface area contributed by atoms with E-state index in [1.807, 2.05) is 6.92 Å². The fourth-order valence-electron chi connectivity index (χ4n) is 8.38. The smallest absolute Gasteiger partial charge is 0.459 e. The average molecular weight is 505 g/mol. The van der Waals surface area contributed by atoms with Gasteiger partial charge in [-0.1, -0.05) is 0 Å². The molecule has 7 aliphatic rings. The van der Waals surface area contributed by atoms with Gasteiger partial charge in [0.1, 0.15) is 5.60 Å². The Labute approximate surface area is 194 Å². The van der Waals surface area contributed by atoms with Gasteiger partial charge in [0, 0.05) is 6.42 Å². The van der Waals surface area contributed by atoms with E-state index in [0.29, 0.717) is 11.8 Å². The third-order valence-corrected chi connectivity index (χ3v) is 10.5. The van der Waals surface area contributed by atoms with Gasteiger partial charge in [0.15, 0.2) is 0 Å². The van der Waals surface area contributed by atoms with Gasteiger partial charge in [-0.2, -0.15) is 17.2 Å². The van der Waals surface area contributed by atoms with Crippen molar-refractivity contribution in [3.63, 3.8) is 0 Å². The lowest BCUT2D eigenvalue weighted by molar-refractivity contribution is -0.234. The van der Waals surface area contributed by atoms with Crippen LogP contribution in [0.3, 0.4) is 0 Å². The summed E-state index contributed by atoms with van der Waals surface area (Å²) in [5.74, 6) is -7.24. The van der Waals surface area contributed by atoms with E-state index in [0.717, 1.165) is 25.7 Å². The summed E-state index contributed by atoms with van der Waals surface area (Å²) in [5.41, 5.74) is -0.601. The molecule has 9 nitrogen and oxygen atoms in total. The minimum absolute atomic E-state index is 0.208. The number of ether oxygens (including phenoxy) is 3. The van der Waals surface area contributed by atoms with Crippen molar-refractivity contribution in [2.45, 2.75) is 68.5 Å². The van der Waals surface area contributed by atoms with Gasteiger partial charge in [-0.15, -0.1) is 0 Å². The Morgan fingerprint density at radius 2 is 1.65 bits per heavy atom. The molecule has 0 amide bonds. The average Bonchev–Trinajstić information content (AvgIpc) is 3.30. The van der Waals surface area contributed by atoms with Crippen molar-refractivity contribution >= 4 is 28.0 Å². The molecule has 7 rings (SSSR count). The molecular weight excluding hydrogens is 478 g/mol. The van der Waals surface area contributed by atoms with Gasteiger partial charge in [-0.25, -0.2) is 4.79 Å². The summed E-state index contributed by atoms with van der Waals surface area (Å²) >= 11 is 0. The lowest BCUT2D eigenvalue weighted by Gasteiger charge is -2.59. The first kappa shape index (κ1) is 22.6. The van der Waals surface area contributed by atoms with Crippen LogP contribution < -0.4 is 0 Å². The predicted molar refractivity (Wildman–Crippen MR) is 106 cm³/mol. The predicted octanol–water partition coefficient (Wildman–Crippen LogP) is 2.29. The Bertz CT molecular complexity index is 1060. The van der Waals surface area contributed by atoms with E-state index >= 15 is 0 Å². The summed E-state index contributed by atoms with van der Waals surface area (Å²) in [5, 5.41) is -5.21. The summed E-state index contributed by atoms with van der Waals surface area (Å²) < 4.78 is 74.1. The van der Waals surface area contributed by atoms with Gasteiger partial charge in [-0.3, -0.25) is 14.1 Å². The normalized spacial score (nSPS) is 48.2. The van der Waals surface area contributed by atoms with Crippen LogP contribution in [-0.2, 0) is 38.7 Å².